The average molecular weight is 263 g/mol. The second kappa shape index (κ2) is 5.01. The third-order valence-electron chi connectivity index (χ3n) is 2.59. The minimum atomic E-state index is -1.41. The van der Waals surface area contributed by atoms with E-state index < -0.39 is 17.5 Å². The first kappa shape index (κ1) is 12.9. The van der Waals surface area contributed by atoms with E-state index in [-0.39, 0.29) is 16.7 Å². The Labute approximate surface area is 108 Å². The fourth-order valence-electron chi connectivity index (χ4n) is 1.60. The molecular weight excluding hydrogens is 252 g/mol. The Bertz CT molecular complexity index is 672. The van der Waals surface area contributed by atoms with Gasteiger partial charge in [-0.15, -0.1) is 0 Å². The van der Waals surface area contributed by atoms with Gasteiger partial charge < -0.3 is 23.8 Å². The number of methoxy groups -OCH3 is 1. The molecule has 0 N–H and O–H groups in total. The van der Waals surface area contributed by atoms with Crippen LogP contribution in [-0.2, 0) is 4.79 Å². The third-order valence-corrected chi connectivity index (χ3v) is 2.59. The second-order valence-electron chi connectivity index (χ2n) is 3.85. The van der Waals surface area contributed by atoms with Crippen LogP contribution in [0.2, 0.25) is 0 Å². The smallest absolute Gasteiger partial charge is 0.234 e. The largest absolute Gasteiger partial charge is 0.546 e. The Morgan fingerprint density at radius 2 is 2.11 bits per heavy atom. The van der Waals surface area contributed by atoms with Crippen LogP contribution in [0, 0.1) is 0 Å². The molecule has 0 bridgehead atoms. The molecule has 0 amide bonds. The standard InChI is InChI=1S/C13H12O6/c1-7(13(15)16)19-10-6-18-12-8(11(10)14)4-3-5-9(12)17-2/h3-7H,1-2H3,(H,15,16)/p-1. The zero-order chi connectivity index (χ0) is 14.0. The Kier molecular flexibility index (Phi) is 3.41. The Morgan fingerprint density at radius 3 is 2.74 bits per heavy atom. The summed E-state index contributed by atoms with van der Waals surface area (Å²) in [7, 11) is 1.46. The lowest BCUT2D eigenvalue weighted by Crippen LogP contribution is -2.38. The van der Waals surface area contributed by atoms with Crippen LogP contribution in [0.25, 0.3) is 11.0 Å². The van der Waals surface area contributed by atoms with Crippen molar-refractivity contribution in [3.8, 4) is 11.5 Å². The highest BCUT2D eigenvalue weighted by molar-refractivity contribution is 5.83. The maximum absolute atomic E-state index is 12.1. The number of hydrogen-bond acceptors (Lipinski definition) is 6. The number of benzene rings is 1. The summed E-state index contributed by atoms with van der Waals surface area (Å²) in [4.78, 5) is 22.7. The number of carboxylic acid groups (broad SMARTS) is 1. The summed E-state index contributed by atoms with van der Waals surface area (Å²) in [5, 5.41) is 10.8. The minimum Gasteiger partial charge on any atom is -0.546 e. The van der Waals surface area contributed by atoms with Crippen molar-refractivity contribution in [2.45, 2.75) is 13.0 Å². The van der Waals surface area contributed by atoms with Crippen LogP contribution in [0.4, 0.5) is 0 Å². The van der Waals surface area contributed by atoms with Gasteiger partial charge >= 0.3 is 0 Å². The van der Waals surface area contributed by atoms with Gasteiger partial charge in [-0.1, -0.05) is 6.07 Å². The van der Waals surface area contributed by atoms with Gasteiger partial charge in [0, 0.05) is 0 Å². The highest BCUT2D eigenvalue weighted by atomic mass is 16.5. The predicted octanol–water partition coefficient (Wildman–Crippen LogP) is 0.319. The quantitative estimate of drug-likeness (QED) is 0.789. The fourth-order valence-corrected chi connectivity index (χ4v) is 1.60. The molecule has 2 rings (SSSR count). The zero-order valence-corrected chi connectivity index (χ0v) is 10.3. The molecule has 100 valence electrons. The lowest BCUT2D eigenvalue weighted by Gasteiger charge is -2.14. The van der Waals surface area contributed by atoms with Crippen LogP contribution in [0.1, 0.15) is 6.92 Å². The van der Waals surface area contributed by atoms with Crippen molar-refractivity contribution in [1.82, 2.24) is 0 Å². The van der Waals surface area contributed by atoms with Crippen LogP contribution >= 0.6 is 0 Å². The SMILES string of the molecule is COc1cccc2c(=O)c(OC(C)C(=O)[O-])coc12. The van der Waals surface area contributed by atoms with E-state index in [0.29, 0.717) is 5.75 Å². The maximum atomic E-state index is 12.1. The lowest BCUT2D eigenvalue weighted by atomic mass is 10.2. The van der Waals surface area contributed by atoms with Crippen LogP contribution in [0.3, 0.4) is 0 Å². The van der Waals surface area contributed by atoms with Gasteiger partial charge in [-0.2, -0.15) is 0 Å². The molecule has 1 unspecified atom stereocenters. The highest BCUT2D eigenvalue weighted by Crippen LogP contribution is 2.25. The van der Waals surface area contributed by atoms with E-state index in [0.717, 1.165) is 6.26 Å². The van der Waals surface area contributed by atoms with Crippen LogP contribution in [0.5, 0.6) is 11.5 Å². The number of ether oxygens (including phenoxy) is 2. The molecule has 0 fully saturated rings. The van der Waals surface area contributed by atoms with Gasteiger partial charge in [-0.3, -0.25) is 4.79 Å². The van der Waals surface area contributed by atoms with Crippen molar-refractivity contribution in [1.29, 1.82) is 0 Å². The van der Waals surface area contributed by atoms with Crippen molar-refractivity contribution in [3.63, 3.8) is 0 Å². The first-order chi connectivity index (χ1) is 9.04. The monoisotopic (exact) mass is 263 g/mol. The third kappa shape index (κ3) is 2.37. The normalized spacial score (nSPS) is 12.1. The zero-order valence-electron chi connectivity index (χ0n) is 10.3. The summed E-state index contributed by atoms with van der Waals surface area (Å²) < 4.78 is 15.3. The summed E-state index contributed by atoms with van der Waals surface area (Å²) in [6.45, 7) is 1.27. The Balaban J connectivity index is 2.53. The van der Waals surface area contributed by atoms with Crippen molar-refractivity contribution >= 4 is 16.9 Å². The number of hydrogen-bond donors (Lipinski definition) is 0. The summed E-state index contributed by atoms with van der Waals surface area (Å²) in [5.74, 6) is -1.18. The van der Waals surface area contributed by atoms with E-state index >= 15 is 0 Å². The molecule has 0 aliphatic carbocycles. The van der Waals surface area contributed by atoms with E-state index in [1.807, 2.05) is 0 Å². The van der Waals surface area contributed by atoms with E-state index in [2.05, 4.69) is 0 Å². The maximum Gasteiger partial charge on any atom is 0.234 e. The summed E-state index contributed by atoms with van der Waals surface area (Å²) in [6, 6.07) is 4.82. The molecule has 6 heteroatoms. The van der Waals surface area contributed by atoms with Gasteiger partial charge in [0.25, 0.3) is 0 Å². The number of carboxylic acids is 1. The molecule has 0 aliphatic rings. The van der Waals surface area contributed by atoms with Crippen molar-refractivity contribution in [3.05, 3.63) is 34.7 Å². The number of aliphatic carboxylic acids is 1. The van der Waals surface area contributed by atoms with Gasteiger partial charge in [0.2, 0.25) is 11.2 Å². The molecule has 6 nitrogen and oxygen atoms in total. The molecule has 1 atom stereocenters. The Morgan fingerprint density at radius 1 is 1.37 bits per heavy atom. The first-order valence-corrected chi connectivity index (χ1v) is 5.50. The van der Waals surface area contributed by atoms with E-state index in [4.69, 9.17) is 13.9 Å². The van der Waals surface area contributed by atoms with E-state index in [1.165, 1.54) is 14.0 Å². The topological polar surface area (TPSA) is 88.8 Å². The number of fused-ring (bicyclic) bond motifs is 1. The molecule has 1 heterocycles. The van der Waals surface area contributed by atoms with E-state index in [9.17, 15) is 14.7 Å². The van der Waals surface area contributed by atoms with Gasteiger partial charge in [0.15, 0.2) is 11.3 Å². The Hall–Kier alpha value is -2.50. The van der Waals surface area contributed by atoms with Crippen molar-refractivity contribution in [2.24, 2.45) is 0 Å². The number of carbonyl (C=O) groups excluding carboxylic acids is 1. The highest BCUT2D eigenvalue weighted by Gasteiger charge is 2.14. The number of rotatable bonds is 4. The molecule has 0 aliphatic heterocycles. The van der Waals surface area contributed by atoms with Crippen LogP contribution in [-0.4, -0.2) is 19.2 Å². The summed E-state index contributed by atoms with van der Waals surface area (Å²) in [5.41, 5.74) is -0.184. The van der Waals surface area contributed by atoms with Gasteiger partial charge in [0.05, 0.1) is 18.5 Å². The van der Waals surface area contributed by atoms with Gasteiger partial charge in [-0.25, -0.2) is 0 Å². The average Bonchev–Trinajstić information content (AvgIpc) is 2.41. The molecule has 2 aromatic rings. The number of carbonyl (C=O) groups is 1. The molecule has 0 spiro atoms. The summed E-state index contributed by atoms with van der Waals surface area (Å²) in [6.07, 6.45) is -0.182. The van der Waals surface area contributed by atoms with Crippen LogP contribution < -0.4 is 20.0 Å². The molecule has 1 aromatic heterocycles. The lowest BCUT2D eigenvalue weighted by molar-refractivity contribution is -0.312. The first-order valence-electron chi connectivity index (χ1n) is 5.50. The van der Waals surface area contributed by atoms with Crippen LogP contribution in [0.15, 0.2) is 33.7 Å². The fraction of sp³-hybridized carbons (Fsp3) is 0.231. The van der Waals surface area contributed by atoms with E-state index in [1.54, 1.807) is 18.2 Å². The predicted molar refractivity (Wildman–Crippen MR) is 64.1 cm³/mol. The molecule has 0 saturated carbocycles. The number of para-hydroxylation sites is 1. The molecule has 0 saturated heterocycles. The van der Waals surface area contributed by atoms with Crippen molar-refractivity contribution < 1.29 is 23.8 Å². The summed E-state index contributed by atoms with van der Waals surface area (Å²) >= 11 is 0. The molecular formula is C13H11O6-. The van der Waals surface area contributed by atoms with Crippen molar-refractivity contribution in [2.75, 3.05) is 7.11 Å². The molecule has 19 heavy (non-hydrogen) atoms. The minimum absolute atomic E-state index is 0.183. The molecule has 0 radical (unpaired) electrons. The molecule has 1 aromatic carbocycles. The van der Waals surface area contributed by atoms with Gasteiger partial charge in [-0.05, 0) is 19.1 Å². The second-order valence-corrected chi connectivity index (χ2v) is 3.85. The van der Waals surface area contributed by atoms with Gasteiger partial charge in [0.1, 0.15) is 12.4 Å².